The summed E-state index contributed by atoms with van der Waals surface area (Å²) in [6.45, 7) is 0. The van der Waals surface area contributed by atoms with Crippen molar-refractivity contribution >= 4 is 0 Å². The summed E-state index contributed by atoms with van der Waals surface area (Å²) in [5, 5.41) is 4.35. The van der Waals surface area contributed by atoms with Gasteiger partial charge in [-0.2, -0.15) is 5.10 Å². The zero-order valence-corrected chi connectivity index (χ0v) is 8.67. The van der Waals surface area contributed by atoms with E-state index in [4.69, 9.17) is 12.3 Å². The summed E-state index contributed by atoms with van der Waals surface area (Å²) >= 11 is 0. The summed E-state index contributed by atoms with van der Waals surface area (Å²) in [6.07, 6.45) is 7.18. The molecule has 1 unspecified atom stereocenters. The fourth-order valence-corrected chi connectivity index (χ4v) is 1.44. The first kappa shape index (κ1) is 10.4. The van der Waals surface area contributed by atoms with Crippen molar-refractivity contribution in [2.24, 2.45) is 5.84 Å². The normalized spacial score (nSPS) is 12.0. The molecule has 2 aromatic rings. The van der Waals surface area contributed by atoms with E-state index in [1.165, 1.54) is 0 Å². The summed E-state index contributed by atoms with van der Waals surface area (Å²) in [6, 6.07) is 11.3. The molecule has 0 spiro atoms. The van der Waals surface area contributed by atoms with Gasteiger partial charge < -0.3 is 0 Å². The molecule has 0 amide bonds. The number of nitrogens with two attached hydrogens (primary N) is 1. The van der Waals surface area contributed by atoms with Gasteiger partial charge in [-0.1, -0.05) is 24.1 Å². The summed E-state index contributed by atoms with van der Waals surface area (Å²) in [7, 11) is 0. The van der Waals surface area contributed by atoms with Crippen LogP contribution in [0, 0.1) is 12.3 Å². The van der Waals surface area contributed by atoms with Gasteiger partial charge in [0.15, 0.2) is 0 Å². The highest BCUT2D eigenvalue weighted by Crippen LogP contribution is 2.11. The quantitative estimate of drug-likeness (QED) is 0.453. The van der Waals surface area contributed by atoms with Crippen LogP contribution >= 0.6 is 0 Å². The van der Waals surface area contributed by atoms with Gasteiger partial charge in [0.1, 0.15) is 6.04 Å². The van der Waals surface area contributed by atoms with Crippen LogP contribution in [-0.2, 0) is 0 Å². The minimum absolute atomic E-state index is 0.357. The van der Waals surface area contributed by atoms with Crippen LogP contribution in [0.2, 0.25) is 0 Å². The van der Waals surface area contributed by atoms with Gasteiger partial charge in [-0.3, -0.25) is 5.84 Å². The number of hydrazine groups is 1. The van der Waals surface area contributed by atoms with Crippen molar-refractivity contribution < 1.29 is 0 Å². The lowest BCUT2D eigenvalue weighted by atomic mass is 10.2. The maximum atomic E-state index is 5.32. The van der Waals surface area contributed by atoms with Crippen molar-refractivity contribution in [1.29, 1.82) is 0 Å². The predicted molar refractivity (Wildman–Crippen MR) is 62.5 cm³/mol. The number of rotatable bonds is 3. The van der Waals surface area contributed by atoms with Crippen LogP contribution in [0.5, 0.6) is 0 Å². The van der Waals surface area contributed by atoms with E-state index in [9.17, 15) is 0 Å². The van der Waals surface area contributed by atoms with Gasteiger partial charge in [0.05, 0.1) is 11.4 Å². The fourth-order valence-electron chi connectivity index (χ4n) is 1.44. The van der Waals surface area contributed by atoms with E-state index in [-0.39, 0.29) is 6.04 Å². The monoisotopic (exact) mass is 212 g/mol. The van der Waals surface area contributed by atoms with Gasteiger partial charge in [-0.05, 0) is 18.2 Å². The highest BCUT2D eigenvalue weighted by molar-refractivity contribution is 5.31. The molecule has 80 valence electrons. The minimum atomic E-state index is -0.357. The van der Waals surface area contributed by atoms with E-state index in [1.807, 2.05) is 42.6 Å². The lowest BCUT2D eigenvalue weighted by Gasteiger charge is -2.05. The maximum Gasteiger partial charge on any atom is 0.125 e. The Bertz CT molecular complexity index is 495. The third-order valence-corrected chi connectivity index (χ3v) is 2.26. The van der Waals surface area contributed by atoms with Crippen LogP contribution in [0.25, 0.3) is 5.69 Å². The summed E-state index contributed by atoms with van der Waals surface area (Å²) in [5.41, 5.74) is 4.24. The molecule has 2 rings (SSSR count). The molecule has 1 heterocycles. The number of hydrogen-bond acceptors (Lipinski definition) is 3. The Hall–Kier alpha value is -2.09. The summed E-state index contributed by atoms with van der Waals surface area (Å²) in [5.74, 6) is 7.84. The second kappa shape index (κ2) is 4.62. The number of nitrogens with zero attached hydrogens (tertiary/aromatic N) is 2. The van der Waals surface area contributed by atoms with Crippen LogP contribution in [0.1, 0.15) is 11.7 Å². The second-order valence-electron chi connectivity index (χ2n) is 3.29. The van der Waals surface area contributed by atoms with Crippen LogP contribution in [0.4, 0.5) is 0 Å². The molecule has 0 saturated heterocycles. The molecule has 0 bridgehead atoms. The van der Waals surface area contributed by atoms with E-state index >= 15 is 0 Å². The lowest BCUT2D eigenvalue weighted by molar-refractivity contribution is 0.645. The molecule has 4 heteroatoms. The van der Waals surface area contributed by atoms with Gasteiger partial charge in [-0.15, -0.1) is 6.42 Å². The van der Waals surface area contributed by atoms with Gasteiger partial charge in [-0.25, -0.2) is 10.1 Å². The second-order valence-corrected chi connectivity index (χ2v) is 3.29. The maximum absolute atomic E-state index is 5.32. The Morgan fingerprint density at radius 3 is 2.69 bits per heavy atom. The molecular formula is C12H12N4. The van der Waals surface area contributed by atoms with E-state index in [2.05, 4.69) is 16.4 Å². The molecule has 0 fully saturated rings. The van der Waals surface area contributed by atoms with Crippen LogP contribution in [0.15, 0.2) is 42.6 Å². The predicted octanol–water partition coefficient (Wildman–Crippen LogP) is 1.01. The summed E-state index contributed by atoms with van der Waals surface area (Å²) < 4.78 is 1.76. The average molecular weight is 212 g/mol. The Balaban J connectivity index is 2.30. The van der Waals surface area contributed by atoms with Crippen molar-refractivity contribution in [1.82, 2.24) is 15.2 Å². The lowest BCUT2D eigenvalue weighted by Crippen LogP contribution is -2.27. The van der Waals surface area contributed by atoms with E-state index < -0.39 is 0 Å². The van der Waals surface area contributed by atoms with Crippen molar-refractivity contribution in [2.45, 2.75) is 6.04 Å². The summed E-state index contributed by atoms with van der Waals surface area (Å²) in [4.78, 5) is 0. The number of aromatic nitrogens is 2. The molecule has 1 aromatic heterocycles. The Morgan fingerprint density at radius 2 is 2.06 bits per heavy atom. The van der Waals surface area contributed by atoms with Crippen molar-refractivity contribution in [3.05, 3.63) is 48.3 Å². The molecule has 1 atom stereocenters. The highest BCUT2D eigenvalue weighted by Gasteiger charge is 2.09. The van der Waals surface area contributed by atoms with Gasteiger partial charge in [0, 0.05) is 6.20 Å². The molecule has 0 aliphatic carbocycles. The number of hydrogen-bond donors (Lipinski definition) is 2. The molecule has 4 nitrogen and oxygen atoms in total. The van der Waals surface area contributed by atoms with Crippen molar-refractivity contribution in [3.8, 4) is 18.0 Å². The number of terminal acetylenes is 1. The highest BCUT2D eigenvalue weighted by atomic mass is 15.3. The first-order chi connectivity index (χ1) is 7.85. The Kier molecular flexibility index (Phi) is 3.01. The van der Waals surface area contributed by atoms with Gasteiger partial charge in [0.25, 0.3) is 0 Å². The molecule has 0 aliphatic heterocycles. The topological polar surface area (TPSA) is 55.9 Å². The molecular weight excluding hydrogens is 200 g/mol. The molecule has 0 radical (unpaired) electrons. The zero-order valence-electron chi connectivity index (χ0n) is 8.67. The molecule has 1 aromatic carbocycles. The fraction of sp³-hybridized carbons (Fsp3) is 0.0833. The first-order valence-electron chi connectivity index (χ1n) is 4.88. The Morgan fingerprint density at radius 1 is 1.31 bits per heavy atom. The zero-order chi connectivity index (χ0) is 11.4. The van der Waals surface area contributed by atoms with Crippen molar-refractivity contribution in [3.63, 3.8) is 0 Å². The first-order valence-corrected chi connectivity index (χ1v) is 4.88. The Labute approximate surface area is 94.0 Å². The third kappa shape index (κ3) is 1.96. The van der Waals surface area contributed by atoms with Crippen LogP contribution in [-0.4, -0.2) is 9.78 Å². The smallest absolute Gasteiger partial charge is 0.125 e. The third-order valence-electron chi connectivity index (χ3n) is 2.26. The largest absolute Gasteiger partial charge is 0.270 e. The van der Waals surface area contributed by atoms with Gasteiger partial charge in [0.2, 0.25) is 0 Å². The number of nitrogens with one attached hydrogen (secondary N) is 1. The molecule has 0 aliphatic rings. The number of para-hydroxylation sites is 1. The van der Waals surface area contributed by atoms with Crippen molar-refractivity contribution in [2.75, 3.05) is 0 Å². The standard InChI is InChI=1S/C12H12N4/c1-2-11(14-13)12-8-9-16(15-12)10-6-4-3-5-7-10/h1,3-9,11,14H,13H2. The van der Waals surface area contributed by atoms with E-state index in [0.717, 1.165) is 11.4 Å². The van der Waals surface area contributed by atoms with E-state index in [1.54, 1.807) is 4.68 Å². The minimum Gasteiger partial charge on any atom is -0.270 e. The van der Waals surface area contributed by atoms with E-state index in [0.29, 0.717) is 0 Å². The SMILES string of the molecule is C#CC(NN)c1ccn(-c2ccccc2)n1. The van der Waals surface area contributed by atoms with Gasteiger partial charge >= 0.3 is 0 Å². The molecule has 16 heavy (non-hydrogen) atoms. The van der Waals surface area contributed by atoms with Crippen LogP contribution in [0.3, 0.4) is 0 Å². The number of benzene rings is 1. The average Bonchev–Trinajstić information content (AvgIpc) is 2.81. The van der Waals surface area contributed by atoms with Crippen LogP contribution < -0.4 is 11.3 Å². The molecule has 3 N–H and O–H groups in total. The molecule has 0 saturated carbocycles.